The Morgan fingerprint density at radius 1 is 1.15 bits per heavy atom. The smallest absolute Gasteiger partial charge is 0.405 e. The van der Waals surface area contributed by atoms with Crippen molar-refractivity contribution in [3.8, 4) is 0 Å². The number of hydrogen-bond donors (Lipinski definition) is 0. The second kappa shape index (κ2) is 3.72. The minimum absolute atomic E-state index is 0.249. The highest BCUT2D eigenvalue weighted by atomic mass is 16.6. The van der Waals surface area contributed by atoms with Crippen molar-refractivity contribution in [1.82, 2.24) is 0 Å². The third kappa shape index (κ3) is 1.79. The largest absolute Gasteiger partial charge is 0.494 e. The Balaban J connectivity index is 2.16. The number of carbonyl (C=O) groups excluding carboxylic acids is 1. The molecule has 0 bridgehead atoms. The second-order valence-electron chi connectivity index (χ2n) is 2.86. The maximum atomic E-state index is 10.4. The molecule has 0 atom stereocenters. The van der Waals surface area contributed by atoms with E-state index in [2.05, 4.69) is 0 Å². The van der Waals surface area contributed by atoms with Crippen LogP contribution in [0.15, 0.2) is 24.3 Å². The fourth-order valence-corrected chi connectivity index (χ4v) is 1.28. The molecule has 0 N–H and O–H groups in total. The topological polar surface area (TPSA) is 35.5 Å². The first-order valence-corrected chi connectivity index (χ1v) is 4.18. The molecule has 1 aliphatic rings. The van der Waals surface area contributed by atoms with E-state index in [1.54, 1.807) is 12.1 Å². The molecule has 1 heterocycles. The SMILES string of the molecule is O=Cc1ccc(B2OCCO2)cc1. The van der Waals surface area contributed by atoms with Gasteiger partial charge in [-0.15, -0.1) is 0 Å². The first-order chi connectivity index (χ1) is 6.40. The van der Waals surface area contributed by atoms with Crippen molar-refractivity contribution < 1.29 is 14.1 Å². The summed E-state index contributed by atoms with van der Waals surface area (Å²) >= 11 is 0. The van der Waals surface area contributed by atoms with Gasteiger partial charge in [-0.3, -0.25) is 4.79 Å². The molecule has 1 aromatic rings. The van der Waals surface area contributed by atoms with Crippen LogP contribution in [0, 0.1) is 0 Å². The van der Waals surface area contributed by atoms with Gasteiger partial charge in [0.2, 0.25) is 0 Å². The zero-order chi connectivity index (χ0) is 9.10. The average Bonchev–Trinajstić information content (AvgIpc) is 2.71. The zero-order valence-corrected chi connectivity index (χ0v) is 7.10. The molecule has 0 radical (unpaired) electrons. The van der Waals surface area contributed by atoms with E-state index in [0.717, 1.165) is 11.7 Å². The molecule has 2 rings (SSSR count). The third-order valence-corrected chi connectivity index (χ3v) is 1.97. The molecule has 0 aliphatic carbocycles. The van der Waals surface area contributed by atoms with Crippen molar-refractivity contribution >= 4 is 18.9 Å². The Labute approximate surface area is 76.8 Å². The van der Waals surface area contributed by atoms with Gasteiger partial charge in [0.05, 0.1) is 13.2 Å². The molecule has 0 amide bonds. The molecule has 0 spiro atoms. The fraction of sp³-hybridized carbons (Fsp3) is 0.222. The summed E-state index contributed by atoms with van der Waals surface area (Å²) in [6, 6.07) is 7.21. The molecule has 1 saturated heterocycles. The molecular weight excluding hydrogens is 167 g/mol. The number of benzene rings is 1. The van der Waals surface area contributed by atoms with Crippen LogP contribution in [-0.2, 0) is 9.31 Å². The summed E-state index contributed by atoms with van der Waals surface area (Å²) in [7, 11) is -0.249. The Bertz CT molecular complexity index is 290. The Kier molecular flexibility index (Phi) is 2.43. The molecular formula is C9H9BO3. The van der Waals surface area contributed by atoms with Gasteiger partial charge in [0.1, 0.15) is 6.29 Å². The highest BCUT2D eigenvalue weighted by Crippen LogP contribution is 2.01. The second-order valence-corrected chi connectivity index (χ2v) is 2.86. The van der Waals surface area contributed by atoms with Gasteiger partial charge >= 0.3 is 7.12 Å². The Morgan fingerprint density at radius 2 is 1.77 bits per heavy atom. The summed E-state index contributed by atoms with van der Waals surface area (Å²) in [5.74, 6) is 0. The van der Waals surface area contributed by atoms with Gasteiger partial charge in [0.15, 0.2) is 0 Å². The fourth-order valence-electron chi connectivity index (χ4n) is 1.28. The van der Waals surface area contributed by atoms with E-state index in [0.29, 0.717) is 18.8 Å². The third-order valence-electron chi connectivity index (χ3n) is 1.97. The average molecular weight is 176 g/mol. The van der Waals surface area contributed by atoms with Gasteiger partial charge < -0.3 is 9.31 Å². The lowest BCUT2D eigenvalue weighted by Crippen LogP contribution is -2.31. The van der Waals surface area contributed by atoms with Crippen LogP contribution in [0.3, 0.4) is 0 Å². The highest BCUT2D eigenvalue weighted by Gasteiger charge is 2.25. The molecule has 4 heteroatoms. The maximum Gasteiger partial charge on any atom is 0.494 e. The summed E-state index contributed by atoms with van der Waals surface area (Å²) < 4.78 is 10.6. The summed E-state index contributed by atoms with van der Waals surface area (Å²) in [5, 5.41) is 0. The zero-order valence-electron chi connectivity index (χ0n) is 7.10. The Hall–Kier alpha value is -1.13. The molecule has 66 valence electrons. The molecule has 1 fully saturated rings. The maximum absolute atomic E-state index is 10.4. The summed E-state index contributed by atoms with van der Waals surface area (Å²) in [6.45, 7) is 1.28. The summed E-state index contributed by atoms with van der Waals surface area (Å²) in [5.41, 5.74) is 1.63. The molecule has 0 saturated carbocycles. The normalized spacial score (nSPS) is 16.2. The van der Waals surface area contributed by atoms with E-state index in [-0.39, 0.29) is 7.12 Å². The predicted octanol–water partition coefficient (Wildman–Crippen LogP) is 0.241. The van der Waals surface area contributed by atoms with Gasteiger partial charge in [-0.25, -0.2) is 0 Å². The van der Waals surface area contributed by atoms with Crippen molar-refractivity contribution in [3.05, 3.63) is 29.8 Å². The van der Waals surface area contributed by atoms with Crippen molar-refractivity contribution in [2.75, 3.05) is 13.2 Å². The number of aldehydes is 1. The van der Waals surface area contributed by atoms with E-state index in [4.69, 9.17) is 9.31 Å². The van der Waals surface area contributed by atoms with Crippen molar-refractivity contribution in [2.24, 2.45) is 0 Å². The van der Waals surface area contributed by atoms with E-state index in [1.165, 1.54) is 0 Å². The van der Waals surface area contributed by atoms with Gasteiger partial charge in [0.25, 0.3) is 0 Å². The van der Waals surface area contributed by atoms with Gasteiger partial charge in [-0.1, -0.05) is 24.3 Å². The quantitative estimate of drug-likeness (QED) is 0.478. The standard InChI is InChI=1S/C9H9BO3/c11-7-8-1-3-9(4-2-8)10-12-5-6-13-10/h1-4,7H,5-6H2. The Morgan fingerprint density at radius 3 is 2.31 bits per heavy atom. The van der Waals surface area contributed by atoms with Crippen LogP contribution in [0.1, 0.15) is 10.4 Å². The number of hydrogen-bond acceptors (Lipinski definition) is 3. The van der Waals surface area contributed by atoms with Crippen LogP contribution >= 0.6 is 0 Å². The van der Waals surface area contributed by atoms with Gasteiger partial charge in [0, 0.05) is 5.56 Å². The molecule has 13 heavy (non-hydrogen) atoms. The van der Waals surface area contributed by atoms with E-state index in [1.807, 2.05) is 12.1 Å². The van der Waals surface area contributed by atoms with Crippen LogP contribution < -0.4 is 5.46 Å². The monoisotopic (exact) mass is 176 g/mol. The highest BCUT2D eigenvalue weighted by molar-refractivity contribution is 6.61. The van der Waals surface area contributed by atoms with E-state index < -0.39 is 0 Å². The van der Waals surface area contributed by atoms with Crippen molar-refractivity contribution in [2.45, 2.75) is 0 Å². The first-order valence-electron chi connectivity index (χ1n) is 4.18. The predicted molar refractivity (Wildman–Crippen MR) is 49.1 cm³/mol. The van der Waals surface area contributed by atoms with Crippen molar-refractivity contribution in [3.63, 3.8) is 0 Å². The van der Waals surface area contributed by atoms with Crippen LogP contribution in [0.25, 0.3) is 0 Å². The molecule has 0 unspecified atom stereocenters. The first kappa shape index (κ1) is 8.47. The van der Waals surface area contributed by atoms with E-state index >= 15 is 0 Å². The van der Waals surface area contributed by atoms with Crippen molar-refractivity contribution in [1.29, 1.82) is 0 Å². The lowest BCUT2D eigenvalue weighted by atomic mass is 9.79. The molecule has 3 nitrogen and oxygen atoms in total. The summed E-state index contributed by atoms with van der Waals surface area (Å²) in [6.07, 6.45) is 0.820. The summed E-state index contributed by atoms with van der Waals surface area (Å²) in [4.78, 5) is 10.4. The minimum Gasteiger partial charge on any atom is -0.405 e. The van der Waals surface area contributed by atoms with Crippen LogP contribution in [-0.4, -0.2) is 26.6 Å². The van der Waals surface area contributed by atoms with Crippen LogP contribution in [0.2, 0.25) is 0 Å². The number of rotatable bonds is 2. The minimum atomic E-state index is -0.249. The lowest BCUT2D eigenvalue weighted by Gasteiger charge is -2.02. The van der Waals surface area contributed by atoms with Gasteiger partial charge in [-0.2, -0.15) is 0 Å². The van der Waals surface area contributed by atoms with Crippen LogP contribution in [0.4, 0.5) is 0 Å². The molecule has 0 aromatic heterocycles. The number of carbonyl (C=O) groups is 1. The molecule has 1 aliphatic heterocycles. The molecule has 1 aromatic carbocycles. The van der Waals surface area contributed by atoms with Crippen LogP contribution in [0.5, 0.6) is 0 Å². The lowest BCUT2D eigenvalue weighted by molar-refractivity contribution is 0.112. The van der Waals surface area contributed by atoms with E-state index in [9.17, 15) is 4.79 Å². The van der Waals surface area contributed by atoms with Gasteiger partial charge in [-0.05, 0) is 5.46 Å².